The van der Waals surface area contributed by atoms with Gasteiger partial charge in [0.1, 0.15) is 0 Å². The number of hydrogen-bond acceptors (Lipinski definition) is 3. The molecule has 0 bridgehead atoms. The quantitative estimate of drug-likeness (QED) is 0.832. The Hall–Kier alpha value is -1.92. The Kier molecular flexibility index (Phi) is 4.48. The van der Waals surface area contributed by atoms with Crippen LogP contribution in [0, 0.1) is 11.3 Å². The van der Waals surface area contributed by atoms with Crippen molar-refractivity contribution in [3.63, 3.8) is 0 Å². The van der Waals surface area contributed by atoms with Crippen molar-refractivity contribution in [2.24, 2.45) is 0 Å². The Morgan fingerprint density at radius 1 is 1.16 bits per heavy atom. The van der Waals surface area contributed by atoms with Gasteiger partial charge in [0.25, 0.3) is 0 Å². The Morgan fingerprint density at radius 2 is 1.95 bits per heavy atom. The topological polar surface area (TPSA) is 35.8 Å². The highest BCUT2D eigenvalue weighted by Gasteiger charge is 2.06. The molecule has 1 N–H and O–H groups in total. The van der Waals surface area contributed by atoms with Crippen LogP contribution in [0.4, 0.5) is 5.69 Å². The minimum Gasteiger partial charge on any atom is -0.378 e. The molecule has 0 spiro atoms. The van der Waals surface area contributed by atoms with Gasteiger partial charge in [0.2, 0.25) is 0 Å². The minimum absolute atomic E-state index is 0.172. The average molecular weight is 268 g/mol. The largest absolute Gasteiger partial charge is 0.378 e. The van der Waals surface area contributed by atoms with Crippen LogP contribution < -0.4 is 5.32 Å². The fourth-order valence-electron chi connectivity index (χ4n) is 1.92. The maximum atomic E-state index is 8.93. The molecule has 0 aliphatic rings. The van der Waals surface area contributed by atoms with E-state index in [2.05, 4.69) is 42.8 Å². The van der Waals surface area contributed by atoms with E-state index in [1.807, 2.05) is 30.3 Å². The van der Waals surface area contributed by atoms with Gasteiger partial charge in [-0.15, -0.1) is 11.8 Å². The summed E-state index contributed by atoms with van der Waals surface area (Å²) in [5, 5.41) is 12.4. The summed E-state index contributed by atoms with van der Waals surface area (Å²) in [5.41, 5.74) is 2.92. The molecule has 0 amide bonds. The van der Waals surface area contributed by atoms with Crippen molar-refractivity contribution in [3.05, 3.63) is 59.7 Å². The van der Waals surface area contributed by atoms with Gasteiger partial charge in [0, 0.05) is 16.6 Å². The minimum atomic E-state index is 0.172. The van der Waals surface area contributed by atoms with E-state index < -0.39 is 0 Å². The lowest BCUT2D eigenvalue weighted by Gasteiger charge is -2.16. The lowest BCUT2D eigenvalue weighted by molar-refractivity contribution is 0.883. The van der Waals surface area contributed by atoms with Crippen LogP contribution in [0.25, 0.3) is 0 Å². The Morgan fingerprint density at radius 3 is 2.68 bits per heavy atom. The molecule has 0 saturated carbocycles. The van der Waals surface area contributed by atoms with Gasteiger partial charge in [-0.3, -0.25) is 0 Å². The van der Waals surface area contributed by atoms with Gasteiger partial charge < -0.3 is 5.32 Å². The second kappa shape index (κ2) is 6.31. The fourth-order valence-corrected chi connectivity index (χ4v) is 2.38. The molecule has 96 valence electrons. The van der Waals surface area contributed by atoms with Gasteiger partial charge in [-0.25, -0.2) is 0 Å². The number of thioether (sulfide) groups is 1. The predicted octanol–water partition coefficient (Wildman–Crippen LogP) is 4.45. The van der Waals surface area contributed by atoms with E-state index in [1.54, 1.807) is 11.8 Å². The highest BCUT2D eigenvalue weighted by atomic mass is 32.2. The zero-order valence-electron chi connectivity index (χ0n) is 11.1. The molecule has 0 aliphatic carbocycles. The molecule has 19 heavy (non-hydrogen) atoms. The Bertz CT molecular complexity index is 602. The van der Waals surface area contributed by atoms with Crippen molar-refractivity contribution in [3.8, 4) is 6.07 Å². The molecular formula is C16H16N2S. The number of nitrogens with zero attached hydrogens (tertiary/aromatic N) is 1. The average Bonchev–Trinajstić information content (AvgIpc) is 2.47. The lowest BCUT2D eigenvalue weighted by Crippen LogP contribution is -2.06. The third-order valence-corrected chi connectivity index (χ3v) is 3.69. The highest BCUT2D eigenvalue weighted by Crippen LogP contribution is 2.23. The molecule has 0 radical (unpaired) electrons. The lowest BCUT2D eigenvalue weighted by atomic mass is 10.1. The zero-order chi connectivity index (χ0) is 13.7. The summed E-state index contributed by atoms with van der Waals surface area (Å²) in [6.45, 7) is 2.10. The zero-order valence-corrected chi connectivity index (χ0v) is 11.9. The standard InChI is InChI=1S/C16H16N2S/c1-12(14-6-3-5-13(9-14)11-17)18-15-7-4-8-16(10-15)19-2/h3-10,12,18H,1-2H3. The Balaban J connectivity index is 2.15. The first-order chi connectivity index (χ1) is 9.22. The maximum Gasteiger partial charge on any atom is 0.0991 e. The molecule has 2 nitrogen and oxygen atoms in total. The SMILES string of the molecule is CSc1cccc(NC(C)c2cccc(C#N)c2)c1. The molecule has 0 aromatic heterocycles. The van der Waals surface area contributed by atoms with Gasteiger partial charge in [-0.2, -0.15) is 5.26 Å². The summed E-state index contributed by atoms with van der Waals surface area (Å²) in [6, 6.07) is 18.4. The molecule has 1 atom stereocenters. The van der Waals surface area contributed by atoms with Crippen molar-refractivity contribution in [1.29, 1.82) is 5.26 Å². The van der Waals surface area contributed by atoms with Gasteiger partial charge in [0.05, 0.1) is 11.6 Å². The van der Waals surface area contributed by atoms with E-state index >= 15 is 0 Å². The van der Waals surface area contributed by atoms with Gasteiger partial charge >= 0.3 is 0 Å². The van der Waals surface area contributed by atoms with E-state index in [1.165, 1.54) is 4.90 Å². The van der Waals surface area contributed by atoms with Crippen LogP contribution in [0.15, 0.2) is 53.4 Å². The van der Waals surface area contributed by atoms with Crippen molar-refractivity contribution < 1.29 is 0 Å². The van der Waals surface area contributed by atoms with Crippen molar-refractivity contribution in [1.82, 2.24) is 0 Å². The summed E-state index contributed by atoms with van der Waals surface area (Å²) < 4.78 is 0. The van der Waals surface area contributed by atoms with Crippen LogP contribution in [0.3, 0.4) is 0 Å². The molecule has 0 saturated heterocycles. The second-order valence-electron chi connectivity index (χ2n) is 4.34. The summed E-state index contributed by atoms with van der Waals surface area (Å²) in [4.78, 5) is 1.24. The van der Waals surface area contributed by atoms with E-state index in [-0.39, 0.29) is 6.04 Å². The number of nitriles is 1. The first kappa shape index (κ1) is 13.5. The van der Waals surface area contributed by atoms with Crippen molar-refractivity contribution >= 4 is 17.4 Å². The molecule has 2 rings (SSSR count). The number of rotatable bonds is 4. The summed E-state index contributed by atoms with van der Waals surface area (Å²) in [5.74, 6) is 0. The number of hydrogen-bond donors (Lipinski definition) is 1. The van der Waals surface area contributed by atoms with Gasteiger partial charge in [-0.05, 0) is 49.1 Å². The summed E-state index contributed by atoms with van der Waals surface area (Å²) in [6.07, 6.45) is 2.07. The molecule has 3 heteroatoms. The fraction of sp³-hybridized carbons (Fsp3) is 0.188. The molecule has 0 aliphatic heterocycles. The molecule has 2 aromatic rings. The molecule has 0 heterocycles. The first-order valence-electron chi connectivity index (χ1n) is 6.13. The molecule has 2 aromatic carbocycles. The van der Waals surface area contributed by atoms with Crippen LogP contribution in [-0.4, -0.2) is 6.26 Å². The van der Waals surface area contributed by atoms with Gasteiger partial charge in [0.15, 0.2) is 0 Å². The van der Waals surface area contributed by atoms with Crippen LogP contribution in [-0.2, 0) is 0 Å². The third kappa shape index (κ3) is 3.52. The van der Waals surface area contributed by atoms with Gasteiger partial charge in [-0.1, -0.05) is 18.2 Å². The Labute approximate surface area is 118 Å². The van der Waals surface area contributed by atoms with E-state index in [4.69, 9.17) is 5.26 Å². The highest BCUT2D eigenvalue weighted by molar-refractivity contribution is 7.98. The van der Waals surface area contributed by atoms with Crippen LogP contribution in [0.2, 0.25) is 0 Å². The maximum absolute atomic E-state index is 8.93. The third-order valence-electron chi connectivity index (χ3n) is 2.97. The molecular weight excluding hydrogens is 252 g/mol. The van der Waals surface area contributed by atoms with E-state index in [0.717, 1.165) is 11.3 Å². The molecule has 1 unspecified atom stereocenters. The predicted molar refractivity (Wildman–Crippen MR) is 81.4 cm³/mol. The smallest absolute Gasteiger partial charge is 0.0991 e. The van der Waals surface area contributed by atoms with E-state index in [9.17, 15) is 0 Å². The summed E-state index contributed by atoms with van der Waals surface area (Å²) >= 11 is 1.73. The van der Waals surface area contributed by atoms with Crippen LogP contribution >= 0.6 is 11.8 Å². The number of nitrogens with one attached hydrogen (secondary N) is 1. The van der Waals surface area contributed by atoms with E-state index in [0.29, 0.717) is 5.56 Å². The van der Waals surface area contributed by atoms with Crippen molar-refractivity contribution in [2.75, 3.05) is 11.6 Å². The number of benzene rings is 2. The van der Waals surface area contributed by atoms with Crippen LogP contribution in [0.1, 0.15) is 24.1 Å². The normalized spacial score (nSPS) is 11.6. The van der Waals surface area contributed by atoms with Crippen LogP contribution in [0.5, 0.6) is 0 Å². The second-order valence-corrected chi connectivity index (χ2v) is 5.21. The van der Waals surface area contributed by atoms with Crippen molar-refractivity contribution in [2.45, 2.75) is 17.9 Å². The number of anilines is 1. The first-order valence-corrected chi connectivity index (χ1v) is 7.36. The summed E-state index contributed by atoms with van der Waals surface area (Å²) in [7, 11) is 0. The monoisotopic (exact) mass is 268 g/mol. The molecule has 0 fully saturated rings.